The van der Waals surface area contributed by atoms with Crippen molar-refractivity contribution >= 4 is 26.0 Å². The Labute approximate surface area is 121 Å². The van der Waals surface area contributed by atoms with E-state index in [1.165, 1.54) is 0 Å². The van der Waals surface area contributed by atoms with E-state index < -0.39 is 10.1 Å². The van der Waals surface area contributed by atoms with Gasteiger partial charge in [0.05, 0.1) is 0 Å². The highest BCUT2D eigenvalue weighted by atomic mass is 79.9. The first-order valence-corrected chi connectivity index (χ1v) is 7.86. The minimum absolute atomic E-state index is 0.153. The van der Waals surface area contributed by atoms with Gasteiger partial charge in [-0.25, -0.2) is 0 Å². The fraction of sp³-hybridized carbons (Fsp3) is 0.143. The van der Waals surface area contributed by atoms with Gasteiger partial charge in [-0.2, -0.15) is 8.42 Å². The van der Waals surface area contributed by atoms with E-state index in [0.717, 1.165) is 15.6 Å². The van der Waals surface area contributed by atoms with E-state index in [-0.39, 0.29) is 4.90 Å². The third-order valence-electron chi connectivity index (χ3n) is 2.65. The molecule has 0 atom stereocenters. The molecule has 2 aromatic rings. The highest BCUT2D eigenvalue weighted by molar-refractivity contribution is 9.10. The number of hydrogen-bond acceptors (Lipinski definition) is 3. The molecule has 2 rings (SSSR count). The molecule has 19 heavy (non-hydrogen) atoms. The van der Waals surface area contributed by atoms with E-state index in [1.54, 1.807) is 49.4 Å². The van der Waals surface area contributed by atoms with Crippen LogP contribution in [0.4, 0.5) is 0 Å². The summed E-state index contributed by atoms with van der Waals surface area (Å²) < 4.78 is 30.3. The highest BCUT2D eigenvalue weighted by Crippen LogP contribution is 2.25. The maximum absolute atomic E-state index is 12.1. The fourth-order valence-corrected chi connectivity index (χ4v) is 3.04. The molecular formula is C14H13BrO3S. The molecule has 5 heteroatoms. The molecule has 100 valence electrons. The van der Waals surface area contributed by atoms with Crippen LogP contribution in [-0.2, 0) is 10.1 Å². The smallest absolute Gasteiger partial charge is 0.339 e. The average molecular weight is 341 g/mol. The van der Waals surface area contributed by atoms with Crippen molar-refractivity contribution in [1.82, 2.24) is 0 Å². The third kappa shape index (κ3) is 3.36. The van der Waals surface area contributed by atoms with Gasteiger partial charge in [-0.05, 0) is 49.7 Å². The van der Waals surface area contributed by atoms with Crippen LogP contribution in [-0.4, -0.2) is 8.42 Å². The van der Waals surface area contributed by atoms with Gasteiger partial charge in [0.2, 0.25) is 0 Å². The molecule has 0 aliphatic carbocycles. The molecule has 0 aromatic heterocycles. The van der Waals surface area contributed by atoms with Crippen molar-refractivity contribution in [3.05, 3.63) is 58.1 Å². The number of benzene rings is 2. The molecule has 0 amide bonds. The van der Waals surface area contributed by atoms with Crippen LogP contribution in [0.15, 0.2) is 51.8 Å². The highest BCUT2D eigenvalue weighted by Gasteiger charge is 2.17. The quantitative estimate of drug-likeness (QED) is 0.797. The maximum Gasteiger partial charge on any atom is 0.339 e. The minimum atomic E-state index is -3.78. The van der Waals surface area contributed by atoms with Gasteiger partial charge in [-0.1, -0.05) is 33.6 Å². The minimum Gasteiger partial charge on any atom is -0.379 e. The number of halogens is 1. The molecule has 2 aromatic carbocycles. The van der Waals surface area contributed by atoms with Crippen molar-refractivity contribution in [2.45, 2.75) is 18.7 Å². The van der Waals surface area contributed by atoms with E-state index in [9.17, 15) is 8.42 Å². The molecule has 0 unspecified atom stereocenters. The number of aryl methyl sites for hydroxylation is 2. The molecule has 0 heterocycles. The summed E-state index contributed by atoms with van der Waals surface area (Å²) in [6, 6.07) is 11.7. The topological polar surface area (TPSA) is 43.4 Å². The summed E-state index contributed by atoms with van der Waals surface area (Å²) in [4.78, 5) is 0.153. The van der Waals surface area contributed by atoms with E-state index in [4.69, 9.17) is 4.18 Å². The van der Waals surface area contributed by atoms with Crippen LogP contribution in [0.1, 0.15) is 11.1 Å². The molecular weight excluding hydrogens is 328 g/mol. The first kappa shape index (κ1) is 14.1. The lowest BCUT2D eigenvalue weighted by atomic mass is 10.2. The van der Waals surface area contributed by atoms with Gasteiger partial charge in [0, 0.05) is 4.47 Å². The summed E-state index contributed by atoms with van der Waals surface area (Å²) in [5.41, 5.74) is 1.75. The van der Waals surface area contributed by atoms with Crippen LogP contribution in [0.5, 0.6) is 5.75 Å². The molecule has 0 bridgehead atoms. The van der Waals surface area contributed by atoms with Gasteiger partial charge in [0.1, 0.15) is 10.6 Å². The Morgan fingerprint density at radius 3 is 2.21 bits per heavy atom. The van der Waals surface area contributed by atoms with Gasteiger partial charge >= 0.3 is 10.1 Å². The molecule has 0 spiro atoms. The van der Waals surface area contributed by atoms with Crippen LogP contribution in [0, 0.1) is 13.8 Å². The van der Waals surface area contributed by atoms with Crippen LogP contribution >= 0.6 is 15.9 Å². The van der Waals surface area contributed by atoms with Gasteiger partial charge in [0.15, 0.2) is 0 Å². The van der Waals surface area contributed by atoms with Crippen LogP contribution < -0.4 is 4.18 Å². The first-order chi connectivity index (χ1) is 8.88. The molecule has 0 saturated heterocycles. The van der Waals surface area contributed by atoms with E-state index >= 15 is 0 Å². The molecule has 0 radical (unpaired) electrons. The summed E-state index contributed by atoms with van der Waals surface area (Å²) in [7, 11) is -3.78. The average Bonchev–Trinajstić information content (AvgIpc) is 2.33. The standard InChI is InChI=1S/C14H13BrO3S/c1-10-3-6-13(7-4-10)19(16,17)18-14-8-5-12(15)9-11(14)2/h3-9H,1-2H3. The Kier molecular flexibility index (Phi) is 3.96. The van der Waals surface area contributed by atoms with Gasteiger partial charge in [-0.15, -0.1) is 0 Å². The third-order valence-corrected chi connectivity index (χ3v) is 4.39. The zero-order valence-corrected chi connectivity index (χ0v) is 13.0. The Morgan fingerprint density at radius 1 is 1.00 bits per heavy atom. The summed E-state index contributed by atoms with van der Waals surface area (Å²) in [6.45, 7) is 3.70. The molecule has 0 fully saturated rings. The van der Waals surface area contributed by atoms with Crippen LogP contribution in [0.25, 0.3) is 0 Å². The van der Waals surface area contributed by atoms with E-state index in [0.29, 0.717) is 5.75 Å². The Balaban J connectivity index is 2.33. The first-order valence-electron chi connectivity index (χ1n) is 5.66. The Bertz CT molecular complexity index is 691. The monoisotopic (exact) mass is 340 g/mol. The normalized spacial score (nSPS) is 11.3. The SMILES string of the molecule is Cc1ccc(S(=O)(=O)Oc2ccc(Br)cc2C)cc1. The van der Waals surface area contributed by atoms with E-state index in [1.807, 2.05) is 6.92 Å². The van der Waals surface area contributed by atoms with Crippen molar-refractivity contribution in [3.8, 4) is 5.75 Å². The lowest BCUT2D eigenvalue weighted by molar-refractivity contribution is 0.484. The van der Waals surface area contributed by atoms with Gasteiger partial charge in [0.25, 0.3) is 0 Å². The number of rotatable bonds is 3. The van der Waals surface area contributed by atoms with Crippen molar-refractivity contribution in [1.29, 1.82) is 0 Å². The fourth-order valence-electron chi connectivity index (χ4n) is 1.58. The zero-order chi connectivity index (χ0) is 14.0. The largest absolute Gasteiger partial charge is 0.379 e. The van der Waals surface area contributed by atoms with Crippen LogP contribution in [0.3, 0.4) is 0 Å². The van der Waals surface area contributed by atoms with Gasteiger partial charge in [-0.3, -0.25) is 0 Å². The Hall–Kier alpha value is -1.33. The molecule has 0 aliphatic rings. The molecule has 0 aliphatic heterocycles. The van der Waals surface area contributed by atoms with Gasteiger partial charge < -0.3 is 4.18 Å². The lowest BCUT2D eigenvalue weighted by Crippen LogP contribution is -2.10. The summed E-state index contributed by atoms with van der Waals surface area (Å²) in [5.74, 6) is 0.337. The maximum atomic E-state index is 12.1. The van der Waals surface area contributed by atoms with Crippen molar-refractivity contribution < 1.29 is 12.6 Å². The van der Waals surface area contributed by atoms with Crippen LogP contribution in [0.2, 0.25) is 0 Å². The zero-order valence-electron chi connectivity index (χ0n) is 10.6. The van der Waals surface area contributed by atoms with Crippen molar-refractivity contribution in [2.24, 2.45) is 0 Å². The predicted octanol–water partition coefficient (Wildman–Crippen LogP) is 3.83. The second-order valence-corrected chi connectivity index (χ2v) is 6.72. The predicted molar refractivity (Wildman–Crippen MR) is 77.9 cm³/mol. The Morgan fingerprint density at radius 2 is 1.63 bits per heavy atom. The van der Waals surface area contributed by atoms with Crippen molar-refractivity contribution in [2.75, 3.05) is 0 Å². The van der Waals surface area contributed by atoms with Crippen molar-refractivity contribution in [3.63, 3.8) is 0 Å². The molecule has 0 N–H and O–H groups in total. The summed E-state index contributed by atoms with van der Waals surface area (Å²) >= 11 is 3.32. The molecule has 0 saturated carbocycles. The molecule has 3 nitrogen and oxygen atoms in total. The number of hydrogen-bond donors (Lipinski definition) is 0. The second-order valence-electron chi connectivity index (χ2n) is 4.26. The second kappa shape index (κ2) is 5.35. The summed E-state index contributed by atoms with van der Waals surface area (Å²) in [5, 5.41) is 0. The van der Waals surface area contributed by atoms with E-state index in [2.05, 4.69) is 15.9 Å². The summed E-state index contributed by atoms with van der Waals surface area (Å²) in [6.07, 6.45) is 0. The lowest BCUT2D eigenvalue weighted by Gasteiger charge is -2.09.